The number of carbonyl (C=O) groups is 1. The van der Waals surface area contributed by atoms with Gasteiger partial charge < -0.3 is 4.90 Å². The third-order valence-electron chi connectivity index (χ3n) is 3.77. The molecule has 0 aliphatic carbocycles. The molecule has 1 heterocycles. The molecule has 4 nitrogen and oxygen atoms in total. The maximum absolute atomic E-state index is 12.2. The fraction of sp³-hybridized carbons (Fsp3) is 0.500. The first kappa shape index (κ1) is 16.6. The van der Waals surface area contributed by atoms with Gasteiger partial charge in [0.15, 0.2) is 9.84 Å². The van der Waals surface area contributed by atoms with E-state index < -0.39 is 9.84 Å². The molecule has 7 heteroatoms. The van der Waals surface area contributed by atoms with Crippen LogP contribution in [0.1, 0.15) is 18.4 Å². The average molecular weight is 350 g/mol. The molecule has 0 bridgehead atoms. The molecular formula is C14H17Cl2NO3S. The number of hydrogen-bond donors (Lipinski definition) is 0. The molecule has 0 N–H and O–H groups in total. The van der Waals surface area contributed by atoms with Crippen molar-refractivity contribution in [3.8, 4) is 0 Å². The number of rotatable bonds is 4. The van der Waals surface area contributed by atoms with Crippen molar-refractivity contribution in [2.45, 2.75) is 25.3 Å². The van der Waals surface area contributed by atoms with Crippen LogP contribution in [0, 0.1) is 0 Å². The Hall–Kier alpha value is -0.780. The van der Waals surface area contributed by atoms with Gasteiger partial charge in [-0.15, -0.1) is 0 Å². The van der Waals surface area contributed by atoms with E-state index in [-0.39, 0.29) is 23.5 Å². The highest BCUT2D eigenvalue weighted by Gasteiger charge is 2.32. The molecule has 0 saturated carbocycles. The van der Waals surface area contributed by atoms with E-state index in [0.717, 1.165) is 5.56 Å². The van der Waals surface area contributed by atoms with E-state index in [9.17, 15) is 13.2 Å². The average Bonchev–Trinajstić information content (AvgIpc) is 2.77. The summed E-state index contributed by atoms with van der Waals surface area (Å²) < 4.78 is 22.9. The molecule has 0 aromatic heterocycles. The number of nitrogens with zero attached hydrogens (tertiary/aromatic N) is 1. The molecule has 0 spiro atoms. The summed E-state index contributed by atoms with van der Waals surface area (Å²) in [4.78, 5) is 13.7. The Kier molecular flexibility index (Phi) is 5.17. The fourth-order valence-electron chi connectivity index (χ4n) is 2.43. The van der Waals surface area contributed by atoms with Gasteiger partial charge in [0.05, 0.1) is 11.5 Å². The summed E-state index contributed by atoms with van der Waals surface area (Å²) in [6.45, 7) is 0. The first-order chi connectivity index (χ1) is 9.78. The minimum Gasteiger partial charge on any atom is -0.342 e. The molecule has 1 aliphatic rings. The van der Waals surface area contributed by atoms with Gasteiger partial charge in [0, 0.05) is 29.6 Å². The minimum absolute atomic E-state index is 0.0664. The van der Waals surface area contributed by atoms with Gasteiger partial charge >= 0.3 is 0 Å². The van der Waals surface area contributed by atoms with E-state index in [0.29, 0.717) is 29.3 Å². The monoisotopic (exact) mass is 349 g/mol. The van der Waals surface area contributed by atoms with E-state index in [4.69, 9.17) is 23.2 Å². The highest BCUT2D eigenvalue weighted by atomic mass is 35.5. The van der Waals surface area contributed by atoms with Crippen LogP contribution in [0.5, 0.6) is 0 Å². The van der Waals surface area contributed by atoms with Crippen molar-refractivity contribution in [2.75, 3.05) is 18.6 Å². The Bertz CT molecular complexity index is 646. The first-order valence-electron chi connectivity index (χ1n) is 6.68. The summed E-state index contributed by atoms with van der Waals surface area (Å²) in [5.41, 5.74) is 0.863. The number of amides is 1. The first-order valence-corrected chi connectivity index (χ1v) is 9.26. The van der Waals surface area contributed by atoms with Gasteiger partial charge in [-0.05, 0) is 30.5 Å². The smallest absolute Gasteiger partial charge is 0.222 e. The summed E-state index contributed by atoms with van der Waals surface area (Å²) >= 11 is 11.9. The van der Waals surface area contributed by atoms with Crippen molar-refractivity contribution >= 4 is 38.9 Å². The summed E-state index contributed by atoms with van der Waals surface area (Å²) in [6, 6.07) is 4.98. The van der Waals surface area contributed by atoms with Gasteiger partial charge in [-0.3, -0.25) is 4.79 Å². The number of halogens is 2. The van der Waals surface area contributed by atoms with Crippen LogP contribution in [-0.4, -0.2) is 43.8 Å². The minimum atomic E-state index is -2.98. The van der Waals surface area contributed by atoms with Crippen LogP contribution in [-0.2, 0) is 21.1 Å². The quantitative estimate of drug-likeness (QED) is 0.839. The van der Waals surface area contributed by atoms with E-state index in [1.165, 1.54) is 0 Å². The van der Waals surface area contributed by atoms with E-state index in [1.807, 2.05) is 0 Å². The third kappa shape index (κ3) is 4.34. The molecule has 2 rings (SSSR count). The summed E-state index contributed by atoms with van der Waals surface area (Å²) in [5, 5.41) is 1.10. The lowest BCUT2D eigenvalue weighted by Crippen LogP contribution is -2.37. The maximum atomic E-state index is 12.2. The second-order valence-corrected chi connectivity index (χ2v) is 8.37. The van der Waals surface area contributed by atoms with E-state index >= 15 is 0 Å². The number of sulfone groups is 1. The third-order valence-corrected chi connectivity index (χ3v) is 6.11. The maximum Gasteiger partial charge on any atom is 0.222 e. The standard InChI is InChI=1S/C14H17Cl2NO3S/c1-17(12-6-7-21(19,20)9-12)14(18)5-3-10-2-4-11(15)8-13(10)16/h2,4,8,12H,3,5-7,9H2,1H3. The largest absolute Gasteiger partial charge is 0.342 e. The molecule has 116 valence electrons. The summed E-state index contributed by atoms with van der Waals surface area (Å²) in [5.74, 6) is 0.165. The Labute approximate surface area is 134 Å². The fourth-order valence-corrected chi connectivity index (χ4v) is 4.70. The molecule has 0 radical (unpaired) electrons. The van der Waals surface area contributed by atoms with Crippen LogP contribution in [0.15, 0.2) is 18.2 Å². The molecule has 1 aromatic carbocycles. The van der Waals surface area contributed by atoms with Crippen LogP contribution in [0.4, 0.5) is 0 Å². The number of aryl methyl sites for hydroxylation is 1. The van der Waals surface area contributed by atoms with Crippen molar-refractivity contribution < 1.29 is 13.2 Å². The molecule has 1 aliphatic heterocycles. The van der Waals surface area contributed by atoms with Gasteiger partial charge in [-0.25, -0.2) is 8.42 Å². The van der Waals surface area contributed by atoms with Crippen LogP contribution in [0.25, 0.3) is 0 Å². The molecule has 21 heavy (non-hydrogen) atoms. The zero-order chi connectivity index (χ0) is 15.6. The van der Waals surface area contributed by atoms with Crippen molar-refractivity contribution in [2.24, 2.45) is 0 Å². The number of hydrogen-bond acceptors (Lipinski definition) is 3. The van der Waals surface area contributed by atoms with Gasteiger partial charge in [-0.1, -0.05) is 29.3 Å². The second kappa shape index (κ2) is 6.55. The normalized spacial score (nSPS) is 20.4. The highest BCUT2D eigenvalue weighted by molar-refractivity contribution is 7.91. The van der Waals surface area contributed by atoms with Gasteiger partial charge in [-0.2, -0.15) is 0 Å². The van der Waals surface area contributed by atoms with Gasteiger partial charge in [0.25, 0.3) is 0 Å². The van der Waals surface area contributed by atoms with Crippen molar-refractivity contribution in [1.82, 2.24) is 4.90 Å². The van der Waals surface area contributed by atoms with Gasteiger partial charge in [0.2, 0.25) is 5.91 Å². The molecular weight excluding hydrogens is 333 g/mol. The Morgan fingerprint density at radius 2 is 2.10 bits per heavy atom. The zero-order valence-corrected chi connectivity index (χ0v) is 14.0. The second-order valence-electron chi connectivity index (χ2n) is 5.30. The predicted octanol–water partition coefficient (Wildman–Crippen LogP) is 2.57. The van der Waals surface area contributed by atoms with Crippen molar-refractivity contribution in [3.05, 3.63) is 33.8 Å². The Morgan fingerprint density at radius 1 is 1.38 bits per heavy atom. The number of carbonyl (C=O) groups excluding carboxylic acids is 1. The summed E-state index contributed by atoms with van der Waals surface area (Å²) in [6.07, 6.45) is 1.33. The number of benzene rings is 1. The Morgan fingerprint density at radius 3 is 2.67 bits per heavy atom. The van der Waals surface area contributed by atoms with Crippen LogP contribution in [0.3, 0.4) is 0 Å². The van der Waals surface area contributed by atoms with Crippen molar-refractivity contribution in [1.29, 1.82) is 0 Å². The SMILES string of the molecule is CN(C(=O)CCc1ccc(Cl)cc1Cl)C1CCS(=O)(=O)C1. The highest BCUT2D eigenvalue weighted by Crippen LogP contribution is 2.23. The topological polar surface area (TPSA) is 54.5 Å². The molecule has 1 unspecified atom stereocenters. The summed E-state index contributed by atoms with van der Waals surface area (Å²) in [7, 11) is -1.32. The van der Waals surface area contributed by atoms with Crippen LogP contribution >= 0.6 is 23.2 Å². The van der Waals surface area contributed by atoms with Gasteiger partial charge in [0.1, 0.15) is 0 Å². The van der Waals surface area contributed by atoms with Crippen LogP contribution in [0.2, 0.25) is 10.0 Å². The predicted molar refractivity (Wildman–Crippen MR) is 84.6 cm³/mol. The molecule has 1 aromatic rings. The lowest BCUT2D eigenvalue weighted by atomic mass is 10.1. The van der Waals surface area contributed by atoms with Crippen LogP contribution < -0.4 is 0 Å². The molecule has 1 atom stereocenters. The van der Waals surface area contributed by atoms with E-state index in [1.54, 1.807) is 30.1 Å². The lowest BCUT2D eigenvalue weighted by Gasteiger charge is -2.23. The Balaban J connectivity index is 1.92. The lowest BCUT2D eigenvalue weighted by molar-refractivity contribution is -0.131. The zero-order valence-electron chi connectivity index (χ0n) is 11.7. The van der Waals surface area contributed by atoms with Crippen molar-refractivity contribution in [3.63, 3.8) is 0 Å². The molecule has 1 saturated heterocycles. The molecule has 1 amide bonds. The molecule has 1 fully saturated rings. The van der Waals surface area contributed by atoms with E-state index in [2.05, 4.69) is 0 Å².